The van der Waals surface area contributed by atoms with Crippen LogP contribution in [0.15, 0.2) is 132 Å². The summed E-state index contributed by atoms with van der Waals surface area (Å²) in [6, 6.07) is 48.1. The molecule has 4 nitrogen and oxygen atoms in total. The van der Waals surface area contributed by atoms with E-state index in [1.54, 1.807) is 0 Å². The van der Waals surface area contributed by atoms with Crippen molar-refractivity contribution in [2.45, 2.75) is 43.5 Å². The summed E-state index contributed by atoms with van der Waals surface area (Å²) in [6.45, 7) is 6.70. The normalized spacial score (nSPS) is 11.7. The Kier molecular flexibility index (Phi) is 9.81. The molecule has 5 aromatic carbocycles. The Balaban J connectivity index is 0.000000208. The molecule has 8 aromatic rings. The van der Waals surface area contributed by atoms with E-state index in [1.165, 1.54) is 9.96 Å². The van der Waals surface area contributed by atoms with Crippen molar-refractivity contribution in [3.63, 3.8) is 0 Å². The second kappa shape index (κ2) is 13.9. The zero-order chi connectivity index (χ0) is 33.5. The molecule has 0 bridgehead atoms. The third-order valence-electron chi connectivity index (χ3n) is 8.73. The molecule has 247 valence electrons. The first kappa shape index (κ1) is 34.6. The van der Waals surface area contributed by atoms with Gasteiger partial charge in [-0.1, -0.05) is 74.2 Å². The van der Waals surface area contributed by atoms with Crippen molar-refractivity contribution in [3.05, 3.63) is 145 Å². The second-order valence-electron chi connectivity index (χ2n) is 14.2. The molecule has 6 heteroatoms. The summed E-state index contributed by atoms with van der Waals surface area (Å²) in [7, 11) is 0. The number of rotatable bonds is 4. The van der Waals surface area contributed by atoms with Crippen LogP contribution in [0.25, 0.3) is 61.3 Å². The van der Waals surface area contributed by atoms with Gasteiger partial charge in [0.1, 0.15) is 5.58 Å². The number of furan rings is 1. The fourth-order valence-electron chi connectivity index (χ4n) is 5.97. The fraction of sp³-hybridized carbons (Fsp3) is 0.163. The van der Waals surface area contributed by atoms with Crippen LogP contribution in [0.2, 0.25) is 17.3 Å². The molecule has 0 amide bonds. The number of hydrogen-bond acceptors (Lipinski definition) is 3. The summed E-state index contributed by atoms with van der Waals surface area (Å²) >= 11 is -1.72. The molecule has 0 unspecified atom stereocenters. The van der Waals surface area contributed by atoms with Crippen LogP contribution in [0.4, 0.5) is 0 Å². The van der Waals surface area contributed by atoms with E-state index < -0.39 is 13.3 Å². The summed E-state index contributed by atoms with van der Waals surface area (Å²) in [4.78, 5) is 9.55. The van der Waals surface area contributed by atoms with E-state index in [4.69, 9.17) is 9.40 Å². The number of pyridine rings is 1. The second-order valence-corrected chi connectivity index (χ2v) is 24.9. The SMILES string of the molecule is CC(C)(C)c1ccc(-n2c(-c3[c-]ccc4c3oc3ccccc34)nc3ccccc32)cc1.[CH3][Ge]([CH3])([CH3])[c]1ccc(-c2[c-]cccc2)nc1.[Ir]. The van der Waals surface area contributed by atoms with E-state index in [1.807, 2.05) is 60.8 Å². The van der Waals surface area contributed by atoms with Gasteiger partial charge in [-0.15, -0.1) is 18.2 Å². The molecule has 0 aliphatic rings. The minimum Gasteiger partial charge on any atom is 0 e. The average molecular weight is 879 g/mol. The Hall–Kier alpha value is -4.29. The van der Waals surface area contributed by atoms with Crippen LogP contribution < -0.4 is 4.40 Å². The molecule has 0 atom stereocenters. The first-order valence-corrected chi connectivity index (χ1v) is 23.8. The fourth-order valence-corrected chi connectivity index (χ4v) is 8.14. The molecule has 0 saturated heterocycles. The molecule has 3 heterocycles. The zero-order valence-corrected chi connectivity index (χ0v) is 33.2. The van der Waals surface area contributed by atoms with Gasteiger partial charge >= 0.3 is 99.8 Å². The Labute approximate surface area is 304 Å². The molecule has 49 heavy (non-hydrogen) atoms. The van der Waals surface area contributed by atoms with Gasteiger partial charge in [-0.25, -0.2) is 0 Å². The van der Waals surface area contributed by atoms with Crippen LogP contribution in [-0.4, -0.2) is 27.8 Å². The van der Waals surface area contributed by atoms with Gasteiger partial charge in [0.05, 0.1) is 22.4 Å². The number of aromatic nitrogens is 3. The van der Waals surface area contributed by atoms with Crippen LogP contribution in [0, 0.1) is 12.1 Å². The zero-order valence-electron chi connectivity index (χ0n) is 28.7. The van der Waals surface area contributed by atoms with E-state index in [-0.39, 0.29) is 25.5 Å². The molecule has 0 aliphatic carbocycles. The van der Waals surface area contributed by atoms with E-state index >= 15 is 0 Å². The van der Waals surface area contributed by atoms with Gasteiger partial charge in [-0.05, 0) is 41.3 Å². The summed E-state index contributed by atoms with van der Waals surface area (Å²) < 4.78 is 9.96. The Morgan fingerprint density at radius 1 is 0.714 bits per heavy atom. The predicted molar refractivity (Wildman–Crippen MR) is 203 cm³/mol. The molecule has 0 saturated carbocycles. The predicted octanol–water partition coefficient (Wildman–Crippen LogP) is 10.8. The largest absolute Gasteiger partial charge is 0 e. The van der Waals surface area contributed by atoms with Gasteiger partial charge in [0.2, 0.25) is 0 Å². The van der Waals surface area contributed by atoms with E-state index in [0.717, 1.165) is 61.3 Å². The van der Waals surface area contributed by atoms with Crippen LogP contribution >= 0.6 is 0 Å². The molecular weight excluding hydrogens is 839 g/mol. The first-order chi connectivity index (χ1) is 23.1. The number of hydrogen-bond donors (Lipinski definition) is 0. The summed E-state index contributed by atoms with van der Waals surface area (Å²) in [6.07, 6.45) is 2.04. The summed E-state index contributed by atoms with van der Waals surface area (Å²) in [5, 5.41) is 2.19. The van der Waals surface area contributed by atoms with E-state index in [2.05, 4.69) is 126 Å². The van der Waals surface area contributed by atoms with Crippen LogP contribution in [0.5, 0.6) is 0 Å². The average Bonchev–Trinajstić information content (AvgIpc) is 3.67. The number of para-hydroxylation sites is 3. The molecule has 0 spiro atoms. The minimum absolute atomic E-state index is 0. The van der Waals surface area contributed by atoms with Crippen LogP contribution in [0.1, 0.15) is 26.3 Å². The van der Waals surface area contributed by atoms with Gasteiger partial charge in [-0.3, -0.25) is 4.98 Å². The number of nitrogens with zero attached hydrogens (tertiary/aromatic N) is 3. The van der Waals surface area contributed by atoms with Crippen molar-refractivity contribution < 1.29 is 24.5 Å². The van der Waals surface area contributed by atoms with Crippen molar-refractivity contribution in [2.24, 2.45) is 0 Å². The smallest absolute Gasteiger partial charge is 0 e. The van der Waals surface area contributed by atoms with Gasteiger partial charge in [0.25, 0.3) is 0 Å². The molecule has 0 aliphatic heterocycles. The van der Waals surface area contributed by atoms with E-state index in [0.29, 0.717) is 0 Å². The Bertz CT molecular complexity index is 2340. The quantitative estimate of drug-likeness (QED) is 0.131. The number of fused-ring (bicyclic) bond motifs is 4. The number of imidazole rings is 1. The topological polar surface area (TPSA) is 43.9 Å². The van der Waals surface area contributed by atoms with E-state index in [9.17, 15) is 0 Å². The third kappa shape index (κ3) is 7.07. The molecule has 8 rings (SSSR count). The van der Waals surface area contributed by atoms with Crippen molar-refractivity contribution in [1.82, 2.24) is 14.5 Å². The molecule has 0 fully saturated rings. The Morgan fingerprint density at radius 3 is 2.14 bits per heavy atom. The van der Waals surface area contributed by atoms with Gasteiger partial charge < -0.3 is 8.98 Å². The molecule has 1 radical (unpaired) electrons. The minimum atomic E-state index is -1.72. The number of benzene rings is 5. The first-order valence-electron chi connectivity index (χ1n) is 16.4. The maximum Gasteiger partial charge on any atom is 0 e. The maximum atomic E-state index is 6.30. The standard InChI is InChI=1S/C29H23N2O.C14H16GeN.Ir/c1-29(2,3)19-15-17-20(18-16-19)31-25-13-6-5-12-24(25)30-28(31)23-11-8-10-22-21-9-4-7-14-26(21)32-27(22)23;1-15(2,3)13-9-10-14(16-11-13)12-7-5-4-6-8-12;/h4-10,12-18H,1-3H3;4-7,9-11H,1-3H3;/q2*-1;. The van der Waals surface area contributed by atoms with Crippen molar-refractivity contribution in [1.29, 1.82) is 0 Å². The third-order valence-corrected chi connectivity index (χ3v) is 13.0. The molecular formula is C43H39GeIrN3O-2. The molecule has 0 N–H and O–H groups in total. The van der Waals surface area contributed by atoms with Gasteiger partial charge in [-0.2, -0.15) is 0 Å². The van der Waals surface area contributed by atoms with Crippen molar-refractivity contribution in [2.75, 3.05) is 0 Å². The van der Waals surface area contributed by atoms with Crippen molar-refractivity contribution in [3.8, 4) is 28.3 Å². The Morgan fingerprint density at radius 2 is 1.45 bits per heavy atom. The molecule has 3 aromatic heterocycles. The van der Waals surface area contributed by atoms with Crippen molar-refractivity contribution >= 4 is 50.6 Å². The summed E-state index contributed by atoms with van der Waals surface area (Å²) in [5.41, 5.74) is 9.13. The maximum absolute atomic E-state index is 6.30. The van der Waals surface area contributed by atoms with Crippen LogP contribution in [-0.2, 0) is 25.5 Å². The monoisotopic (exact) mass is 880 g/mol. The van der Waals surface area contributed by atoms with Crippen LogP contribution in [0.3, 0.4) is 0 Å². The van der Waals surface area contributed by atoms with Gasteiger partial charge in [0, 0.05) is 31.2 Å². The summed E-state index contributed by atoms with van der Waals surface area (Å²) in [5.74, 6) is 7.97. The van der Waals surface area contributed by atoms with Gasteiger partial charge in [0.15, 0.2) is 0 Å².